The van der Waals surface area contributed by atoms with Crippen LogP contribution in [0.25, 0.3) is 0 Å². The topological polar surface area (TPSA) is 59.6 Å². The summed E-state index contributed by atoms with van der Waals surface area (Å²) >= 11 is 0. The lowest BCUT2D eigenvalue weighted by Crippen LogP contribution is -2.40. The van der Waals surface area contributed by atoms with Gasteiger partial charge in [0.25, 0.3) is 0 Å². The Hall–Kier alpha value is -2.56. The van der Waals surface area contributed by atoms with Crippen molar-refractivity contribution in [1.29, 1.82) is 0 Å². The lowest BCUT2D eigenvalue weighted by atomic mass is 10.1. The molecule has 26 heavy (non-hydrogen) atoms. The van der Waals surface area contributed by atoms with E-state index in [2.05, 4.69) is 31.1 Å². The summed E-state index contributed by atoms with van der Waals surface area (Å²) in [4.78, 5) is 4.40. The van der Waals surface area contributed by atoms with E-state index >= 15 is 0 Å². The number of hydrogen-bond donors (Lipinski definition) is 2. The minimum Gasteiger partial charge on any atom is -0.496 e. The summed E-state index contributed by atoms with van der Waals surface area (Å²) in [5, 5.41) is 3.30. The highest BCUT2D eigenvalue weighted by Crippen LogP contribution is 2.21. The lowest BCUT2D eigenvalue weighted by Gasteiger charge is -2.18. The van der Waals surface area contributed by atoms with E-state index in [9.17, 15) is 4.39 Å². The van der Waals surface area contributed by atoms with Gasteiger partial charge in [0.05, 0.1) is 19.2 Å². The first kappa shape index (κ1) is 19.8. The number of benzene rings is 2. The number of rotatable bonds is 3. The summed E-state index contributed by atoms with van der Waals surface area (Å²) in [7, 11) is 1.67. The van der Waals surface area contributed by atoms with Crippen LogP contribution in [0.15, 0.2) is 41.4 Å². The van der Waals surface area contributed by atoms with E-state index in [4.69, 9.17) is 10.5 Å². The number of halogens is 1. The molecule has 0 amide bonds. The first-order chi connectivity index (χ1) is 12.3. The molecule has 2 aromatic rings. The summed E-state index contributed by atoms with van der Waals surface area (Å²) in [5.41, 5.74) is 9.05. The van der Waals surface area contributed by atoms with Crippen molar-refractivity contribution in [3.8, 4) is 5.75 Å². The van der Waals surface area contributed by atoms with Crippen molar-refractivity contribution >= 4 is 11.5 Å². The molecule has 0 atom stereocenters. The highest BCUT2D eigenvalue weighted by molar-refractivity contribution is 6.01. The zero-order valence-electron chi connectivity index (χ0n) is 16.2. The van der Waals surface area contributed by atoms with Crippen LogP contribution in [0.5, 0.6) is 5.75 Å². The van der Waals surface area contributed by atoms with E-state index in [-0.39, 0.29) is 11.4 Å². The SMILES string of the molecule is CCc1cc(N)ccc1OC.Cc1c(F)cccc1C1=NCC(C)(C)N1. The maximum absolute atomic E-state index is 13.3. The molecule has 1 aliphatic heterocycles. The highest BCUT2D eigenvalue weighted by Gasteiger charge is 2.26. The minimum atomic E-state index is -0.179. The zero-order valence-corrected chi connectivity index (χ0v) is 16.2. The Morgan fingerprint density at radius 1 is 1.27 bits per heavy atom. The molecule has 0 fully saturated rings. The molecule has 1 aliphatic rings. The summed E-state index contributed by atoms with van der Waals surface area (Å²) in [6, 6.07) is 10.8. The van der Waals surface area contributed by atoms with E-state index in [1.807, 2.05) is 24.3 Å². The molecule has 3 rings (SSSR count). The van der Waals surface area contributed by atoms with Crippen LogP contribution in [-0.2, 0) is 6.42 Å². The number of ether oxygens (including phenoxy) is 1. The number of nitrogens with two attached hydrogens (primary N) is 1. The Labute approximate surface area is 155 Å². The molecule has 0 unspecified atom stereocenters. The fourth-order valence-corrected chi connectivity index (χ4v) is 2.77. The summed E-state index contributed by atoms with van der Waals surface area (Å²) in [6.45, 7) is 8.76. The summed E-state index contributed by atoms with van der Waals surface area (Å²) < 4.78 is 18.5. The Kier molecular flexibility index (Phi) is 6.24. The van der Waals surface area contributed by atoms with Crippen LogP contribution in [0.3, 0.4) is 0 Å². The van der Waals surface area contributed by atoms with Crippen molar-refractivity contribution in [2.75, 3.05) is 19.4 Å². The third kappa shape index (κ3) is 4.75. The quantitative estimate of drug-likeness (QED) is 0.813. The summed E-state index contributed by atoms with van der Waals surface area (Å²) in [5.74, 6) is 1.54. The molecule has 2 aromatic carbocycles. The van der Waals surface area contributed by atoms with E-state index in [0.717, 1.165) is 41.4 Å². The molecule has 3 N–H and O–H groups in total. The fraction of sp³-hybridized carbons (Fsp3) is 0.381. The Bertz CT molecular complexity index is 800. The third-order valence-corrected chi connectivity index (χ3v) is 4.30. The standard InChI is InChI=1S/C12H15FN2.C9H13NO/c1-8-9(5-4-6-10(8)13)11-14-7-12(2,3)15-11;1-3-7-6-8(10)4-5-9(7)11-2/h4-6H,7H2,1-3H3,(H,14,15);4-6H,3,10H2,1-2H3. The number of nitrogens with one attached hydrogen (secondary N) is 1. The van der Waals surface area contributed by atoms with Gasteiger partial charge in [0.15, 0.2) is 0 Å². The van der Waals surface area contributed by atoms with E-state index < -0.39 is 0 Å². The molecule has 0 bridgehead atoms. The summed E-state index contributed by atoms with van der Waals surface area (Å²) in [6.07, 6.45) is 0.953. The van der Waals surface area contributed by atoms with Crippen LogP contribution < -0.4 is 15.8 Å². The average Bonchev–Trinajstić information content (AvgIpc) is 2.97. The highest BCUT2D eigenvalue weighted by atomic mass is 19.1. The van der Waals surface area contributed by atoms with E-state index in [0.29, 0.717) is 5.56 Å². The van der Waals surface area contributed by atoms with Gasteiger partial charge in [-0.25, -0.2) is 4.39 Å². The average molecular weight is 357 g/mol. The maximum atomic E-state index is 13.3. The number of amidine groups is 1. The fourth-order valence-electron chi connectivity index (χ4n) is 2.77. The monoisotopic (exact) mass is 357 g/mol. The number of anilines is 1. The van der Waals surface area contributed by atoms with Crippen LogP contribution in [0.2, 0.25) is 0 Å². The number of aryl methyl sites for hydroxylation is 1. The Balaban J connectivity index is 0.000000197. The molecular weight excluding hydrogens is 329 g/mol. The van der Waals surface area contributed by atoms with Crippen molar-refractivity contribution in [3.05, 3.63) is 58.9 Å². The van der Waals surface area contributed by atoms with E-state index in [1.54, 1.807) is 20.1 Å². The normalized spacial score (nSPS) is 14.8. The van der Waals surface area contributed by atoms with Gasteiger partial charge >= 0.3 is 0 Å². The van der Waals surface area contributed by atoms with Gasteiger partial charge in [-0.1, -0.05) is 19.1 Å². The Morgan fingerprint density at radius 2 is 2.00 bits per heavy atom. The molecule has 1 heterocycles. The van der Waals surface area contributed by atoms with E-state index in [1.165, 1.54) is 6.07 Å². The van der Waals surface area contributed by atoms with Crippen LogP contribution in [0, 0.1) is 12.7 Å². The first-order valence-corrected chi connectivity index (χ1v) is 8.78. The van der Waals surface area contributed by atoms with Gasteiger partial charge in [0.2, 0.25) is 0 Å². The first-order valence-electron chi connectivity index (χ1n) is 8.78. The molecule has 0 spiro atoms. The predicted molar refractivity (Wildman–Crippen MR) is 107 cm³/mol. The zero-order chi connectivity index (χ0) is 19.3. The van der Waals surface area contributed by atoms with Crippen LogP contribution >= 0.6 is 0 Å². The van der Waals surface area contributed by atoms with Gasteiger partial charge in [-0.15, -0.1) is 0 Å². The van der Waals surface area contributed by atoms with Crippen molar-refractivity contribution in [2.45, 2.75) is 39.7 Å². The molecule has 0 saturated carbocycles. The van der Waals surface area contributed by atoms with Gasteiger partial charge in [-0.3, -0.25) is 4.99 Å². The molecule has 0 saturated heterocycles. The molecule has 140 valence electrons. The van der Waals surface area contributed by atoms with Gasteiger partial charge in [-0.2, -0.15) is 0 Å². The molecule has 0 aromatic heterocycles. The minimum absolute atomic E-state index is 0.0198. The van der Waals surface area contributed by atoms with Crippen LogP contribution in [0.1, 0.15) is 37.5 Å². The molecule has 5 heteroatoms. The molecular formula is C21H28FN3O. The van der Waals surface area contributed by atoms with Crippen molar-refractivity contribution in [1.82, 2.24) is 5.32 Å². The molecule has 0 aliphatic carbocycles. The molecule has 4 nitrogen and oxygen atoms in total. The van der Waals surface area contributed by atoms with Crippen molar-refractivity contribution in [2.24, 2.45) is 4.99 Å². The van der Waals surface area contributed by atoms with Crippen LogP contribution in [-0.4, -0.2) is 25.0 Å². The van der Waals surface area contributed by atoms with Crippen molar-refractivity contribution < 1.29 is 9.13 Å². The second-order valence-electron chi connectivity index (χ2n) is 7.01. The number of hydrogen-bond acceptors (Lipinski definition) is 4. The second-order valence-corrected chi connectivity index (χ2v) is 7.01. The van der Waals surface area contributed by atoms with Gasteiger partial charge in [-0.05, 0) is 62.6 Å². The van der Waals surface area contributed by atoms with Gasteiger partial charge in [0, 0.05) is 11.3 Å². The second kappa shape index (κ2) is 8.21. The Morgan fingerprint density at radius 3 is 2.58 bits per heavy atom. The third-order valence-electron chi connectivity index (χ3n) is 4.30. The number of nitrogen functional groups attached to an aromatic ring is 1. The lowest BCUT2D eigenvalue weighted by molar-refractivity contribution is 0.410. The smallest absolute Gasteiger partial charge is 0.129 e. The largest absolute Gasteiger partial charge is 0.496 e. The van der Waals surface area contributed by atoms with Crippen LogP contribution in [0.4, 0.5) is 10.1 Å². The maximum Gasteiger partial charge on any atom is 0.129 e. The predicted octanol–water partition coefficient (Wildman–Crippen LogP) is 4.10. The van der Waals surface area contributed by atoms with Gasteiger partial charge < -0.3 is 15.8 Å². The van der Waals surface area contributed by atoms with Crippen molar-refractivity contribution in [3.63, 3.8) is 0 Å². The molecule has 0 radical (unpaired) electrons. The van der Waals surface area contributed by atoms with Gasteiger partial charge in [0.1, 0.15) is 17.4 Å². The number of nitrogens with zero attached hydrogens (tertiary/aromatic N) is 1. The number of aliphatic imine (C=N–C) groups is 1. The number of methoxy groups -OCH3 is 1.